The highest BCUT2D eigenvalue weighted by molar-refractivity contribution is 6.09. The van der Waals surface area contributed by atoms with Crippen LogP contribution < -0.4 is 5.73 Å². The van der Waals surface area contributed by atoms with Gasteiger partial charge in [0, 0.05) is 28.0 Å². The number of aromatic nitrogens is 2. The van der Waals surface area contributed by atoms with Crippen LogP contribution in [0, 0.1) is 13.8 Å². The summed E-state index contributed by atoms with van der Waals surface area (Å²) in [4.78, 5) is 7.68. The Kier molecular flexibility index (Phi) is 1.72. The molecule has 0 saturated carbocycles. The van der Waals surface area contributed by atoms with E-state index in [2.05, 4.69) is 35.1 Å². The van der Waals surface area contributed by atoms with Crippen LogP contribution in [0.15, 0.2) is 24.3 Å². The zero-order valence-electron chi connectivity index (χ0n) is 9.33. The van der Waals surface area contributed by atoms with Gasteiger partial charge < -0.3 is 10.7 Å². The summed E-state index contributed by atoms with van der Waals surface area (Å²) >= 11 is 0. The lowest BCUT2D eigenvalue weighted by atomic mass is 10.1. The van der Waals surface area contributed by atoms with Gasteiger partial charge in [0.05, 0.1) is 5.52 Å². The molecule has 80 valence electrons. The number of nitrogens with two attached hydrogens (primary N) is 1. The third kappa shape index (κ3) is 1.18. The molecule has 0 fully saturated rings. The van der Waals surface area contributed by atoms with Crippen LogP contribution in [0.5, 0.6) is 0 Å². The molecule has 0 unspecified atom stereocenters. The third-order valence-corrected chi connectivity index (χ3v) is 2.93. The Bertz CT molecular complexity index is 695. The van der Waals surface area contributed by atoms with Crippen LogP contribution in [0.25, 0.3) is 21.8 Å². The van der Waals surface area contributed by atoms with Crippen molar-refractivity contribution in [2.24, 2.45) is 0 Å². The smallest absolute Gasteiger partial charge is 0.125 e. The van der Waals surface area contributed by atoms with Crippen molar-refractivity contribution in [1.82, 2.24) is 9.97 Å². The summed E-state index contributed by atoms with van der Waals surface area (Å²) in [5.41, 5.74) is 10.2. The first kappa shape index (κ1) is 9.21. The number of hydrogen-bond donors (Lipinski definition) is 2. The van der Waals surface area contributed by atoms with E-state index in [1.807, 2.05) is 13.0 Å². The lowest BCUT2D eigenvalue weighted by Crippen LogP contribution is -1.92. The topological polar surface area (TPSA) is 54.7 Å². The molecule has 3 N–H and O–H groups in total. The van der Waals surface area contributed by atoms with Crippen molar-refractivity contribution >= 4 is 27.6 Å². The highest BCUT2D eigenvalue weighted by Gasteiger charge is 2.08. The van der Waals surface area contributed by atoms with Gasteiger partial charge in [-0.2, -0.15) is 0 Å². The second-order valence-electron chi connectivity index (χ2n) is 4.23. The summed E-state index contributed by atoms with van der Waals surface area (Å²) in [5, 5.41) is 2.40. The number of aryl methyl sites for hydroxylation is 2. The van der Waals surface area contributed by atoms with Gasteiger partial charge in [-0.25, -0.2) is 4.98 Å². The predicted octanol–water partition coefficient (Wildman–Crippen LogP) is 2.92. The van der Waals surface area contributed by atoms with Gasteiger partial charge in [0.2, 0.25) is 0 Å². The fourth-order valence-corrected chi connectivity index (χ4v) is 2.25. The minimum atomic E-state index is 0.563. The van der Waals surface area contributed by atoms with Gasteiger partial charge in [0.15, 0.2) is 0 Å². The zero-order valence-corrected chi connectivity index (χ0v) is 9.33. The monoisotopic (exact) mass is 211 g/mol. The molecular weight excluding hydrogens is 198 g/mol. The molecule has 1 aromatic carbocycles. The highest BCUT2D eigenvalue weighted by Crippen LogP contribution is 2.28. The third-order valence-electron chi connectivity index (χ3n) is 2.93. The van der Waals surface area contributed by atoms with E-state index >= 15 is 0 Å². The van der Waals surface area contributed by atoms with Crippen LogP contribution in [0.2, 0.25) is 0 Å². The number of pyridine rings is 1. The molecule has 0 amide bonds. The Morgan fingerprint density at radius 1 is 1.12 bits per heavy atom. The molecule has 0 bridgehead atoms. The van der Waals surface area contributed by atoms with E-state index in [-0.39, 0.29) is 0 Å². The number of H-pyrrole nitrogens is 1. The van der Waals surface area contributed by atoms with Crippen LogP contribution in [0.1, 0.15) is 11.3 Å². The molecule has 2 heterocycles. The number of rotatable bonds is 0. The average molecular weight is 211 g/mol. The van der Waals surface area contributed by atoms with E-state index in [0.717, 1.165) is 16.7 Å². The van der Waals surface area contributed by atoms with Crippen molar-refractivity contribution < 1.29 is 0 Å². The lowest BCUT2D eigenvalue weighted by molar-refractivity contribution is 1.25. The summed E-state index contributed by atoms with van der Waals surface area (Å²) in [6.45, 7) is 4.09. The average Bonchev–Trinajstić information content (AvgIpc) is 2.54. The predicted molar refractivity (Wildman–Crippen MR) is 67.5 cm³/mol. The van der Waals surface area contributed by atoms with Gasteiger partial charge in [0.1, 0.15) is 5.82 Å². The van der Waals surface area contributed by atoms with Crippen LogP contribution in [-0.2, 0) is 0 Å². The second kappa shape index (κ2) is 2.98. The number of anilines is 1. The van der Waals surface area contributed by atoms with Gasteiger partial charge in [-0.1, -0.05) is 11.6 Å². The van der Waals surface area contributed by atoms with Crippen LogP contribution in [-0.4, -0.2) is 9.97 Å². The summed E-state index contributed by atoms with van der Waals surface area (Å²) in [6.07, 6.45) is 0. The summed E-state index contributed by atoms with van der Waals surface area (Å²) in [5.74, 6) is 0.563. The van der Waals surface area contributed by atoms with Crippen LogP contribution >= 0.6 is 0 Å². The molecule has 0 spiro atoms. The fourth-order valence-electron chi connectivity index (χ4n) is 2.25. The number of nitrogen functional groups attached to an aromatic ring is 1. The Hall–Kier alpha value is -2.03. The number of benzene rings is 1. The summed E-state index contributed by atoms with van der Waals surface area (Å²) in [6, 6.07) is 8.26. The van der Waals surface area contributed by atoms with Crippen molar-refractivity contribution in [3.63, 3.8) is 0 Å². The number of aromatic amines is 1. The maximum atomic E-state index is 5.75. The van der Waals surface area contributed by atoms with Gasteiger partial charge in [-0.05, 0) is 26.0 Å². The molecule has 0 radical (unpaired) electrons. The molecule has 0 aliphatic rings. The SMILES string of the molecule is Cc1ccc2[nH]c3cc(N)nc(C)c3c2c1. The maximum absolute atomic E-state index is 5.75. The molecule has 3 nitrogen and oxygen atoms in total. The first-order valence-corrected chi connectivity index (χ1v) is 5.30. The molecule has 16 heavy (non-hydrogen) atoms. The van der Waals surface area contributed by atoms with Crippen molar-refractivity contribution in [2.75, 3.05) is 5.73 Å². The number of hydrogen-bond acceptors (Lipinski definition) is 2. The van der Waals surface area contributed by atoms with E-state index in [1.54, 1.807) is 0 Å². The Balaban J connectivity index is 2.57. The first-order chi connectivity index (χ1) is 7.65. The van der Waals surface area contributed by atoms with E-state index in [9.17, 15) is 0 Å². The molecule has 3 rings (SSSR count). The Morgan fingerprint density at radius 2 is 1.94 bits per heavy atom. The molecule has 2 aromatic heterocycles. The minimum absolute atomic E-state index is 0.563. The largest absolute Gasteiger partial charge is 0.384 e. The number of nitrogens with one attached hydrogen (secondary N) is 1. The molecule has 0 saturated heterocycles. The van der Waals surface area contributed by atoms with Crippen molar-refractivity contribution in [3.05, 3.63) is 35.5 Å². The standard InChI is InChI=1S/C13H13N3/c1-7-3-4-10-9(5-7)13-8(2)15-12(14)6-11(13)16-10/h3-6,16H,1-2H3,(H2,14,15). The van der Waals surface area contributed by atoms with Crippen molar-refractivity contribution in [3.8, 4) is 0 Å². The van der Waals surface area contributed by atoms with E-state index < -0.39 is 0 Å². The molecule has 0 aliphatic carbocycles. The van der Waals surface area contributed by atoms with E-state index in [4.69, 9.17) is 5.73 Å². The Labute approximate surface area is 93.3 Å². The Morgan fingerprint density at radius 3 is 2.75 bits per heavy atom. The van der Waals surface area contributed by atoms with Crippen molar-refractivity contribution in [1.29, 1.82) is 0 Å². The van der Waals surface area contributed by atoms with Gasteiger partial charge >= 0.3 is 0 Å². The van der Waals surface area contributed by atoms with Crippen LogP contribution in [0.4, 0.5) is 5.82 Å². The molecular formula is C13H13N3. The molecule has 0 aliphatic heterocycles. The maximum Gasteiger partial charge on any atom is 0.125 e. The summed E-state index contributed by atoms with van der Waals surface area (Å²) in [7, 11) is 0. The van der Waals surface area contributed by atoms with Crippen LogP contribution in [0.3, 0.4) is 0 Å². The van der Waals surface area contributed by atoms with Crippen molar-refractivity contribution in [2.45, 2.75) is 13.8 Å². The van der Waals surface area contributed by atoms with Gasteiger partial charge in [-0.15, -0.1) is 0 Å². The number of nitrogens with zero attached hydrogens (tertiary/aromatic N) is 1. The minimum Gasteiger partial charge on any atom is -0.384 e. The summed E-state index contributed by atoms with van der Waals surface area (Å²) < 4.78 is 0. The quantitative estimate of drug-likeness (QED) is 0.600. The van der Waals surface area contributed by atoms with Gasteiger partial charge in [0.25, 0.3) is 0 Å². The molecule has 3 aromatic rings. The van der Waals surface area contributed by atoms with E-state index in [1.165, 1.54) is 16.3 Å². The fraction of sp³-hybridized carbons (Fsp3) is 0.154. The zero-order chi connectivity index (χ0) is 11.3. The van der Waals surface area contributed by atoms with Gasteiger partial charge in [-0.3, -0.25) is 0 Å². The molecule has 3 heteroatoms. The molecule has 0 atom stereocenters. The lowest BCUT2D eigenvalue weighted by Gasteiger charge is -1.99. The normalized spacial score (nSPS) is 11.4. The highest BCUT2D eigenvalue weighted by atomic mass is 14.9. The second-order valence-corrected chi connectivity index (χ2v) is 4.23. The van der Waals surface area contributed by atoms with E-state index in [0.29, 0.717) is 5.82 Å². The number of fused-ring (bicyclic) bond motifs is 3. The first-order valence-electron chi connectivity index (χ1n) is 5.30.